The quantitative estimate of drug-likeness (QED) is 0.609. The zero-order chi connectivity index (χ0) is 19.4. The second-order valence-electron chi connectivity index (χ2n) is 5.62. The first-order chi connectivity index (χ1) is 12.9. The average Bonchev–Trinajstić information content (AvgIpc) is 3.08. The summed E-state index contributed by atoms with van der Waals surface area (Å²) in [7, 11) is 0. The van der Waals surface area contributed by atoms with Crippen molar-refractivity contribution in [3.05, 3.63) is 63.5 Å². The van der Waals surface area contributed by atoms with Gasteiger partial charge in [0.1, 0.15) is 12.3 Å². The van der Waals surface area contributed by atoms with Crippen LogP contribution in [-0.2, 0) is 17.8 Å². The minimum atomic E-state index is -1.04. The zero-order valence-electron chi connectivity index (χ0n) is 13.8. The standard InChI is InChI=1S/C18H13ClF2N2O3S/c19-12-4-2-11(3-5-12)17-15(27-23-22-17)9-26-18-13(20)7-10(8-14(18)21)1-6-16(24)25/h2-5,7-8H,1,6,9H2,(H,24,25). The number of hydrogen-bond donors (Lipinski definition) is 1. The van der Waals surface area contributed by atoms with Gasteiger partial charge < -0.3 is 9.84 Å². The molecule has 0 amide bonds. The van der Waals surface area contributed by atoms with E-state index in [1.807, 2.05) is 0 Å². The molecule has 3 rings (SSSR count). The molecule has 0 unspecified atom stereocenters. The number of aromatic nitrogens is 2. The molecule has 0 saturated carbocycles. The molecule has 0 atom stereocenters. The minimum absolute atomic E-state index is 0.0307. The van der Waals surface area contributed by atoms with Crippen molar-refractivity contribution in [3.8, 4) is 17.0 Å². The molecule has 0 fully saturated rings. The largest absolute Gasteiger partial charge is 0.482 e. The van der Waals surface area contributed by atoms with E-state index in [4.69, 9.17) is 21.4 Å². The van der Waals surface area contributed by atoms with Crippen LogP contribution in [0.4, 0.5) is 8.78 Å². The number of nitrogens with zero attached hydrogens (tertiary/aromatic N) is 2. The maximum Gasteiger partial charge on any atom is 0.303 e. The highest BCUT2D eigenvalue weighted by molar-refractivity contribution is 7.05. The smallest absolute Gasteiger partial charge is 0.303 e. The molecule has 0 spiro atoms. The van der Waals surface area contributed by atoms with Gasteiger partial charge in [0.25, 0.3) is 0 Å². The van der Waals surface area contributed by atoms with Crippen LogP contribution in [-0.4, -0.2) is 20.7 Å². The molecule has 5 nitrogen and oxygen atoms in total. The molecule has 1 N–H and O–H groups in total. The highest BCUT2D eigenvalue weighted by Crippen LogP contribution is 2.29. The van der Waals surface area contributed by atoms with Crippen molar-refractivity contribution in [2.75, 3.05) is 0 Å². The predicted molar refractivity (Wildman–Crippen MR) is 97.0 cm³/mol. The van der Waals surface area contributed by atoms with Gasteiger partial charge in [0, 0.05) is 17.0 Å². The third-order valence-electron chi connectivity index (χ3n) is 3.71. The number of ether oxygens (including phenoxy) is 1. The number of aliphatic carboxylic acids is 1. The summed E-state index contributed by atoms with van der Waals surface area (Å²) in [6.45, 7) is -0.113. The van der Waals surface area contributed by atoms with E-state index in [1.54, 1.807) is 24.3 Å². The third kappa shape index (κ3) is 4.78. The lowest BCUT2D eigenvalue weighted by Gasteiger charge is -2.10. The number of benzene rings is 2. The molecule has 27 heavy (non-hydrogen) atoms. The molecule has 2 aromatic carbocycles. The lowest BCUT2D eigenvalue weighted by atomic mass is 10.1. The molecule has 1 heterocycles. The molecule has 140 valence electrons. The average molecular weight is 411 g/mol. The number of carbonyl (C=O) groups is 1. The van der Waals surface area contributed by atoms with Gasteiger partial charge in [-0.1, -0.05) is 28.2 Å². The first kappa shape index (κ1) is 19.2. The second-order valence-corrected chi connectivity index (χ2v) is 6.90. The van der Waals surface area contributed by atoms with Crippen LogP contribution >= 0.6 is 23.1 Å². The molecule has 1 aromatic heterocycles. The summed E-state index contributed by atoms with van der Waals surface area (Å²) in [6, 6.07) is 9.09. The van der Waals surface area contributed by atoms with Crippen molar-refractivity contribution in [2.24, 2.45) is 0 Å². The lowest BCUT2D eigenvalue weighted by molar-refractivity contribution is -0.136. The van der Waals surface area contributed by atoms with Gasteiger partial charge in [0.05, 0.1) is 4.88 Å². The predicted octanol–water partition coefficient (Wildman–Crippen LogP) is 4.73. The SMILES string of the molecule is O=C(O)CCc1cc(F)c(OCc2snnc2-c2ccc(Cl)cc2)c(F)c1. The number of carboxylic acid groups (broad SMARTS) is 1. The van der Waals surface area contributed by atoms with Gasteiger partial charge in [-0.25, -0.2) is 8.78 Å². The van der Waals surface area contributed by atoms with Gasteiger partial charge >= 0.3 is 5.97 Å². The Morgan fingerprint density at radius 2 is 1.85 bits per heavy atom. The molecule has 0 radical (unpaired) electrons. The molecule has 0 aliphatic carbocycles. The summed E-state index contributed by atoms with van der Waals surface area (Å²) in [5, 5.41) is 13.3. The van der Waals surface area contributed by atoms with Crippen LogP contribution in [0.25, 0.3) is 11.3 Å². The van der Waals surface area contributed by atoms with Crippen LogP contribution < -0.4 is 4.74 Å². The number of halogens is 3. The summed E-state index contributed by atoms with van der Waals surface area (Å²) in [5.41, 5.74) is 1.56. The Morgan fingerprint density at radius 1 is 1.19 bits per heavy atom. The Balaban J connectivity index is 1.75. The molecule has 0 saturated heterocycles. The maximum absolute atomic E-state index is 14.2. The molecular formula is C18H13ClF2N2O3S. The van der Waals surface area contributed by atoms with E-state index in [-0.39, 0.29) is 25.0 Å². The number of hydrogen-bond acceptors (Lipinski definition) is 5. The van der Waals surface area contributed by atoms with Crippen molar-refractivity contribution in [1.29, 1.82) is 0 Å². The van der Waals surface area contributed by atoms with Gasteiger partial charge in [-0.3, -0.25) is 4.79 Å². The minimum Gasteiger partial charge on any atom is -0.482 e. The lowest BCUT2D eigenvalue weighted by Crippen LogP contribution is -2.03. The van der Waals surface area contributed by atoms with Crippen molar-refractivity contribution >= 4 is 29.1 Å². The molecule has 0 aliphatic heterocycles. The summed E-state index contributed by atoms with van der Waals surface area (Å²) >= 11 is 6.93. The van der Waals surface area contributed by atoms with Gasteiger partial charge in [0.2, 0.25) is 0 Å². The van der Waals surface area contributed by atoms with Crippen molar-refractivity contribution in [3.63, 3.8) is 0 Å². The maximum atomic E-state index is 14.2. The van der Waals surface area contributed by atoms with Gasteiger partial charge in [0.15, 0.2) is 17.4 Å². The fraction of sp³-hybridized carbons (Fsp3) is 0.167. The van der Waals surface area contributed by atoms with E-state index in [0.29, 0.717) is 15.6 Å². The topological polar surface area (TPSA) is 72.3 Å². The first-order valence-electron chi connectivity index (χ1n) is 7.83. The van der Waals surface area contributed by atoms with Gasteiger partial charge in [-0.2, -0.15) is 0 Å². The number of rotatable bonds is 7. The number of aryl methyl sites for hydroxylation is 1. The van der Waals surface area contributed by atoms with Crippen molar-refractivity contribution in [2.45, 2.75) is 19.4 Å². The Labute approximate surface area is 162 Å². The fourth-order valence-electron chi connectivity index (χ4n) is 2.41. The Kier molecular flexibility index (Phi) is 5.98. The van der Waals surface area contributed by atoms with Crippen LogP contribution in [0.2, 0.25) is 5.02 Å². The first-order valence-corrected chi connectivity index (χ1v) is 8.99. The van der Waals surface area contributed by atoms with Crippen molar-refractivity contribution in [1.82, 2.24) is 9.59 Å². The van der Waals surface area contributed by atoms with Crippen LogP contribution in [0.3, 0.4) is 0 Å². The molecule has 0 bridgehead atoms. The summed E-state index contributed by atoms with van der Waals surface area (Å²) in [5.74, 6) is -3.34. The normalized spacial score (nSPS) is 10.8. The van der Waals surface area contributed by atoms with Crippen LogP contribution in [0.5, 0.6) is 5.75 Å². The zero-order valence-corrected chi connectivity index (χ0v) is 15.4. The van der Waals surface area contributed by atoms with Gasteiger partial charge in [-0.05, 0) is 47.8 Å². The Hall–Kier alpha value is -2.58. The second kappa shape index (κ2) is 8.41. The van der Waals surface area contributed by atoms with Crippen molar-refractivity contribution < 1.29 is 23.4 Å². The Morgan fingerprint density at radius 3 is 2.48 bits per heavy atom. The van der Waals surface area contributed by atoms with Crippen LogP contribution in [0.15, 0.2) is 36.4 Å². The van der Waals surface area contributed by atoms with E-state index in [1.165, 1.54) is 0 Å². The van der Waals surface area contributed by atoms with E-state index in [9.17, 15) is 13.6 Å². The fourth-order valence-corrected chi connectivity index (χ4v) is 3.12. The van der Waals surface area contributed by atoms with E-state index >= 15 is 0 Å². The Bertz CT molecular complexity index is 940. The third-order valence-corrected chi connectivity index (χ3v) is 4.65. The van der Waals surface area contributed by atoms with E-state index < -0.39 is 23.4 Å². The molecule has 0 aliphatic rings. The molecular weight excluding hydrogens is 398 g/mol. The van der Waals surface area contributed by atoms with Crippen LogP contribution in [0.1, 0.15) is 16.9 Å². The summed E-state index contributed by atoms with van der Waals surface area (Å²) in [6.07, 6.45) is -0.182. The van der Waals surface area contributed by atoms with Crippen LogP contribution in [0, 0.1) is 11.6 Å². The monoisotopic (exact) mass is 410 g/mol. The molecule has 9 heteroatoms. The van der Waals surface area contributed by atoms with E-state index in [0.717, 1.165) is 29.2 Å². The highest BCUT2D eigenvalue weighted by Gasteiger charge is 2.16. The van der Waals surface area contributed by atoms with E-state index in [2.05, 4.69) is 9.59 Å². The summed E-state index contributed by atoms with van der Waals surface area (Å²) in [4.78, 5) is 11.2. The van der Waals surface area contributed by atoms with Gasteiger partial charge in [-0.15, -0.1) is 5.10 Å². The summed E-state index contributed by atoms with van der Waals surface area (Å²) < 4.78 is 37.5. The highest BCUT2D eigenvalue weighted by atomic mass is 35.5. The number of carboxylic acids is 1. The molecule has 3 aromatic rings.